The van der Waals surface area contributed by atoms with E-state index in [1.54, 1.807) is 24.3 Å². The number of hydrogen-bond acceptors (Lipinski definition) is 8. The minimum Gasteiger partial charge on any atom is -0.493 e. The first kappa shape index (κ1) is 21.6. The van der Waals surface area contributed by atoms with Crippen LogP contribution in [-0.4, -0.2) is 39.6 Å². The van der Waals surface area contributed by atoms with Crippen LogP contribution in [0.3, 0.4) is 0 Å². The van der Waals surface area contributed by atoms with Gasteiger partial charge >= 0.3 is 11.9 Å². The highest BCUT2D eigenvalue weighted by molar-refractivity contribution is 5.71. The van der Waals surface area contributed by atoms with Gasteiger partial charge in [-0.25, -0.2) is 0 Å². The van der Waals surface area contributed by atoms with Crippen molar-refractivity contribution in [1.82, 2.24) is 0 Å². The maximum absolute atomic E-state index is 11.3. The van der Waals surface area contributed by atoms with E-state index in [1.807, 2.05) is 12.1 Å². The molecule has 0 bridgehead atoms. The average Bonchev–Trinajstić information content (AvgIpc) is 2.73. The van der Waals surface area contributed by atoms with Crippen molar-refractivity contribution in [3.05, 3.63) is 47.5 Å². The lowest BCUT2D eigenvalue weighted by atomic mass is 9.88. The van der Waals surface area contributed by atoms with Crippen molar-refractivity contribution in [2.24, 2.45) is 0 Å². The summed E-state index contributed by atoms with van der Waals surface area (Å²) in [5, 5.41) is 0. The average molecular weight is 416 g/mol. The first-order valence-corrected chi connectivity index (χ1v) is 9.35. The maximum Gasteiger partial charge on any atom is 0.308 e. The zero-order valence-electron chi connectivity index (χ0n) is 17.3. The summed E-state index contributed by atoms with van der Waals surface area (Å²) in [7, 11) is 3.02. The standard InChI is InChI=1S/C22H24O8/c1-13(23)29-18-7-5-15(9-20(18)25-3)17-11-27-12-28-22(17)16-6-8-19(30-14(2)24)21(10-16)26-4/h5-10,17,22H,11-12H2,1-4H3/t17-,22+/m1/s1. The number of ether oxygens (including phenoxy) is 6. The van der Waals surface area contributed by atoms with Crippen molar-refractivity contribution < 1.29 is 38.0 Å². The lowest BCUT2D eigenvalue weighted by molar-refractivity contribution is -0.153. The Balaban J connectivity index is 1.93. The second-order valence-corrected chi connectivity index (χ2v) is 6.69. The fraction of sp³-hybridized carbons (Fsp3) is 0.364. The molecule has 0 aliphatic carbocycles. The van der Waals surface area contributed by atoms with Gasteiger partial charge in [0.15, 0.2) is 23.0 Å². The van der Waals surface area contributed by atoms with Gasteiger partial charge in [0.25, 0.3) is 0 Å². The predicted octanol–water partition coefficient (Wildman–Crippen LogP) is 3.38. The number of esters is 2. The number of rotatable bonds is 6. The quantitative estimate of drug-likeness (QED) is 0.523. The molecule has 2 aromatic carbocycles. The molecule has 0 radical (unpaired) electrons. The first-order valence-electron chi connectivity index (χ1n) is 9.35. The molecule has 1 fully saturated rings. The van der Waals surface area contributed by atoms with Crippen LogP contribution in [0.25, 0.3) is 0 Å². The lowest BCUT2D eigenvalue weighted by Crippen LogP contribution is -2.26. The van der Waals surface area contributed by atoms with Gasteiger partial charge in [0.2, 0.25) is 0 Å². The van der Waals surface area contributed by atoms with Crippen molar-refractivity contribution in [3.8, 4) is 23.0 Å². The van der Waals surface area contributed by atoms with Crippen molar-refractivity contribution >= 4 is 11.9 Å². The number of benzene rings is 2. The van der Waals surface area contributed by atoms with Crippen molar-refractivity contribution in [2.45, 2.75) is 25.9 Å². The SMILES string of the molecule is COc1cc([C@H]2COCO[C@H]2c2ccc(OC(C)=O)c(OC)c2)ccc1OC(C)=O. The van der Waals surface area contributed by atoms with Crippen LogP contribution in [0.1, 0.15) is 37.0 Å². The van der Waals surface area contributed by atoms with Crippen LogP contribution in [-0.2, 0) is 19.1 Å². The molecule has 30 heavy (non-hydrogen) atoms. The molecule has 1 aliphatic heterocycles. The van der Waals surface area contributed by atoms with Crippen LogP contribution in [0.5, 0.6) is 23.0 Å². The molecule has 0 saturated carbocycles. The second kappa shape index (κ2) is 9.60. The van der Waals surface area contributed by atoms with E-state index in [0.717, 1.165) is 11.1 Å². The highest BCUT2D eigenvalue weighted by atomic mass is 16.7. The van der Waals surface area contributed by atoms with Gasteiger partial charge in [-0.2, -0.15) is 0 Å². The molecule has 0 unspecified atom stereocenters. The molecule has 8 heteroatoms. The molecule has 0 amide bonds. The van der Waals surface area contributed by atoms with Gasteiger partial charge in [0.1, 0.15) is 6.79 Å². The minimum atomic E-state index is -0.429. The number of carbonyl (C=O) groups is 2. The van der Waals surface area contributed by atoms with E-state index in [1.165, 1.54) is 28.1 Å². The molecular formula is C22H24O8. The third-order valence-corrected chi connectivity index (χ3v) is 4.63. The van der Waals surface area contributed by atoms with E-state index in [2.05, 4.69) is 0 Å². The molecule has 0 N–H and O–H groups in total. The molecule has 2 atom stereocenters. The summed E-state index contributed by atoms with van der Waals surface area (Å²) in [6.45, 7) is 3.24. The zero-order valence-corrected chi connectivity index (χ0v) is 17.3. The molecule has 0 aromatic heterocycles. The topological polar surface area (TPSA) is 89.5 Å². The molecule has 1 heterocycles. The Labute approximate surface area is 174 Å². The Kier molecular flexibility index (Phi) is 6.91. The normalized spacial score (nSPS) is 18.4. The van der Waals surface area contributed by atoms with E-state index >= 15 is 0 Å². The van der Waals surface area contributed by atoms with Crippen molar-refractivity contribution in [2.75, 3.05) is 27.6 Å². The Morgan fingerprint density at radius 3 is 1.90 bits per heavy atom. The van der Waals surface area contributed by atoms with Crippen molar-refractivity contribution in [1.29, 1.82) is 0 Å². The minimum absolute atomic E-state index is 0.150. The van der Waals surface area contributed by atoms with E-state index in [-0.39, 0.29) is 18.8 Å². The van der Waals surface area contributed by atoms with Gasteiger partial charge in [-0.05, 0) is 35.4 Å². The van der Waals surface area contributed by atoms with Crippen LogP contribution in [0, 0.1) is 0 Å². The molecule has 0 spiro atoms. The Bertz CT molecular complexity index is 848. The van der Waals surface area contributed by atoms with Crippen LogP contribution in [0.2, 0.25) is 0 Å². The van der Waals surface area contributed by atoms with Crippen LogP contribution < -0.4 is 18.9 Å². The van der Waals surface area contributed by atoms with Crippen molar-refractivity contribution in [3.63, 3.8) is 0 Å². The summed E-state index contributed by atoms with van der Waals surface area (Å²) in [4.78, 5) is 22.6. The smallest absolute Gasteiger partial charge is 0.308 e. The first-order chi connectivity index (χ1) is 14.4. The van der Waals surface area contributed by atoms with Gasteiger partial charge in [-0.1, -0.05) is 12.1 Å². The third kappa shape index (κ3) is 4.90. The molecule has 1 saturated heterocycles. The highest BCUT2D eigenvalue weighted by Gasteiger charge is 2.31. The Morgan fingerprint density at radius 1 is 0.833 bits per heavy atom. The van der Waals surface area contributed by atoms with Crippen LogP contribution in [0.15, 0.2) is 36.4 Å². The molecule has 1 aliphatic rings. The molecular weight excluding hydrogens is 392 g/mol. The van der Waals surface area contributed by atoms with Gasteiger partial charge in [-0.15, -0.1) is 0 Å². The number of methoxy groups -OCH3 is 2. The second-order valence-electron chi connectivity index (χ2n) is 6.69. The van der Waals surface area contributed by atoms with E-state index in [9.17, 15) is 9.59 Å². The summed E-state index contributed by atoms with van der Waals surface area (Å²) in [5.74, 6) is 0.544. The zero-order chi connectivity index (χ0) is 21.7. The predicted molar refractivity (Wildman–Crippen MR) is 106 cm³/mol. The molecule has 160 valence electrons. The van der Waals surface area contributed by atoms with Gasteiger partial charge in [-0.3, -0.25) is 9.59 Å². The van der Waals surface area contributed by atoms with E-state index in [0.29, 0.717) is 29.6 Å². The fourth-order valence-electron chi connectivity index (χ4n) is 3.35. The summed E-state index contributed by atoms with van der Waals surface area (Å²) in [6, 6.07) is 10.6. The monoisotopic (exact) mass is 416 g/mol. The highest BCUT2D eigenvalue weighted by Crippen LogP contribution is 2.42. The van der Waals surface area contributed by atoms with Gasteiger partial charge in [0.05, 0.1) is 26.9 Å². The number of hydrogen-bond donors (Lipinski definition) is 0. The molecule has 8 nitrogen and oxygen atoms in total. The lowest BCUT2D eigenvalue weighted by Gasteiger charge is -2.32. The van der Waals surface area contributed by atoms with E-state index in [4.69, 9.17) is 28.4 Å². The van der Waals surface area contributed by atoms with Gasteiger partial charge in [0, 0.05) is 19.8 Å². The summed E-state index contributed by atoms with van der Waals surface area (Å²) in [6.07, 6.45) is -0.330. The third-order valence-electron chi connectivity index (χ3n) is 4.63. The Morgan fingerprint density at radius 2 is 1.37 bits per heavy atom. The van der Waals surface area contributed by atoms with E-state index < -0.39 is 11.9 Å². The molecule has 3 rings (SSSR count). The number of carbonyl (C=O) groups excluding carboxylic acids is 2. The Hall–Kier alpha value is -3.10. The fourth-order valence-corrected chi connectivity index (χ4v) is 3.35. The maximum atomic E-state index is 11.3. The molecule has 2 aromatic rings. The van der Waals surface area contributed by atoms with Crippen LogP contribution in [0.4, 0.5) is 0 Å². The van der Waals surface area contributed by atoms with Gasteiger partial charge < -0.3 is 28.4 Å². The largest absolute Gasteiger partial charge is 0.493 e. The summed E-state index contributed by atoms with van der Waals surface area (Å²) < 4.78 is 32.6. The van der Waals surface area contributed by atoms with Crippen LogP contribution >= 0.6 is 0 Å². The summed E-state index contributed by atoms with van der Waals surface area (Å²) in [5.41, 5.74) is 1.74. The summed E-state index contributed by atoms with van der Waals surface area (Å²) >= 11 is 0.